The van der Waals surface area contributed by atoms with E-state index in [1.54, 1.807) is 19.2 Å². The second-order valence-corrected chi connectivity index (χ2v) is 11.4. The Balaban J connectivity index is 1.35. The van der Waals surface area contributed by atoms with Crippen LogP contribution in [0.15, 0.2) is 88.6 Å². The number of amides is 2. The molecular weight excluding hydrogens is 514 g/mol. The van der Waals surface area contributed by atoms with E-state index in [1.807, 2.05) is 49.1 Å². The van der Waals surface area contributed by atoms with Gasteiger partial charge in [-0.3, -0.25) is 9.59 Å². The fourth-order valence-corrected chi connectivity index (χ4v) is 6.05. The molecule has 1 saturated carbocycles. The second kappa shape index (κ2) is 13.1. The lowest BCUT2D eigenvalue weighted by Gasteiger charge is -2.52. The number of carbonyl (C=O) groups excluding carboxylic acids is 2. The monoisotopic (exact) mass is 557 g/mol. The molecule has 0 radical (unpaired) electrons. The van der Waals surface area contributed by atoms with Crippen LogP contribution in [0, 0.1) is 5.41 Å². The minimum absolute atomic E-state index is 0.0306. The van der Waals surface area contributed by atoms with Crippen molar-refractivity contribution >= 4 is 18.0 Å². The van der Waals surface area contributed by atoms with Gasteiger partial charge in [0.05, 0.1) is 6.61 Å². The molecule has 8 nitrogen and oxygen atoms in total. The molecule has 0 bridgehead atoms. The predicted octanol–water partition coefficient (Wildman–Crippen LogP) is 4.88. The summed E-state index contributed by atoms with van der Waals surface area (Å²) in [7, 11) is 0. The molecule has 4 N–H and O–H groups in total. The smallest absolute Gasteiger partial charge is 0.251 e. The predicted molar refractivity (Wildman–Crippen MR) is 164 cm³/mol. The van der Waals surface area contributed by atoms with E-state index in [0.717, 1.165) is 78.9 Å². The summed E-state index contributed by atoms with van der Waals surface area (Å²) in [5, 5.41) is 6.75. The van der Waals surface area contributed by atoms with Crippen LogP contribution < -0.4 is 16.4 Å². The van der Waals surface area contributed by atoms with Gasteiger partial charge in [0, 0.05) is 67.6 Å². The zero-order valence-corrected chi connectivity index (χ0v) is 24.6. The van der Waals surface area contributed by atoms with Crippen molar-refractivity contribution in [2.24, 2.45) is 16.1 Å². The maximum Gasteiger partial charge on any atom is 0.251 e. The highest BCUT2D eigenvalue weighted by molar-refractivity contribution is 5.94. The molecule has 8 heteroatoms. The highest BCUT2D eigenvalue weighted by atomic mass is 16.5. The molecular formula is C33H43N5O3. The molecule has 2 amide bonds. The quantitative estimate of drug-likeness (QED) is 0.375. The van der Waals surface area contributed by atoms with E-state index in [-0.39, 0.29) is 29.1 Å². The van der Waals surface area contributed by atoms with E-state index in [2.05, 4.69) is 28.8 Å². The van der Waals surface area contributed by atoms with Gasteiger partial charge in [-0.2, -0.15) is 0 Å². The maximum atomic E-state index is 13.0. The van der Waals surface area contributed by atoms with Gasteiger partial charge in [-0.15, -0.1) is 0 Å². The lowest BCUT2D eigenvalue weighted by Crippen LogP contribution is -2.55. The molecule has 0 atom stereocenters. The Labute approximate surface area is 243 Å². The van der Waals surface area contributed by atoms with Gasteiger partial charge in [-0.1, -0.05) is 31.4 Å². The summed E-state index contributed by atoms with van der Waals surface area (Å²) in [6, 6.07) is 7.97. The van der Waals surface area contributed by atoms with Crippen LogP contribution in [0.4, 0.5) is 0 Å². The van der Waals surface area contributed by atoms with Crippen molar-refractivity contribution in [2.45, 2.75) is 65.5 Å². The molecule has 1 spiro atoms. The largest absolute Gasteiger partial charge is 0.492 e. The van der Waals surface area contributed by atoms with Crippen molar-refractivity contribution in [3.63, 3.8) is 0 Å². The second-order valence-electron chi connectivity index (χ2n) is 11.4. The zero-order chi connectivity index (χ0) is 29.6. The Kier molecular flexibility index (Phi) is 9.53. The van der Waals surface area contributed by atoms with Crippen molar-refractivity contribution < 1.29 is 14.3 Å². The summed E-state index contributed by atoms with van der Waals surface area (Å²) < 4.78 is 6.01. The molecule has 2 aliphatic heterocycles. The van der Waals surface area contributed by atoms with E-state index in [1.165, 1.54) is 0 Å². The van der Waals surface area contributed by atoms with Gasteiger partial charge in [0.1, 0.15) is 11.6 Å². The average Bonchev–Trinajstić information content (AvgIpc) is 3.41. The number of benzene rings is 1. The summed E-state index contributed by atoms with van der Waals surface area (Å²) in [5.74, 6) is 1.19. The summed E-state index contributed by atoms with van der Waals surface area (Å²) in [6.07, 6.45) is 10.1. The van der Waals surface area contributed by atoms with Crippen molar-refractivity contribution in [1.29, 1.82) is 0 Å². The first-order valence-electron chi connectivity index (χ1n) is 14.4. The zero-order valence-electron chi connectivity index (χ0n) is 24.6. The molecule has 0 aromatic heterocycles. The minimum atomic E-state index is -0.0306. The highest BCUT2D eigenvalue weighted by Crippen LogP contribution is 2.49. The fraction of sp³-hybridized carbons (Fsp3) is 0.424. The molecule has 0 unspecified atom stereocenters. The number of piperidine rings is 1. The molecule has 218 valence electrons. The summed E-state index contributed by atoms with van der Waals surface area (Å²) in [4.78, 5) is 30.6. The van der Waals surface area contributed by atoms with Crippen LogP contribution in [-0.2, 0) is 16.1 Å². The number of hydrogen-bond acceptors (Lipinski definition) is 6. The van der Waals surface area contributed by atoms with Crippen molar-refractivity contribution in [3.8, 4) is 0 Å². The van der Waals surface area contributed by atoms with Gasteiger partial charge in [0.25, 0.3) is 5.91 Å². The van der Waals surface area contributed by atoms with Crippen LogP contribution in [0.3, 0.4) is 0 Å². The minimum Gasteiger partial charge on any atom is -0.492 e. The van der Waals surface area contributed by atoms with E-state index >= 15 is 0 Å². The number of aliphatic imine (C=N–C) groups is 1. The van der Waals surface area contributed by atoms with Gasteiger partial charge < -0.3 is 26.0 Å². The van der Waals surface area contributed by atoms with Crippen LogP contribution >= 0.6 is 0 Å². The third kappa shape index (κ3) is 7.37. The van der Waals surface area contributed by atoms with Crippen LogP contribution in [-0.4, -0.2) is 48.7 Å². The van der Waals surface area contributed by atoms with Gasteiger partial charge >= 0.3 is 0 Å². The van der Waals surface area contributed by atoms with Crippen LogP contribution in [0.1, 0.15) is 68.8 Å². The molecule has 3 fully saturated rings. The van der Waals surface area contributed by atoms with Crippen molar-refractivity contribution in [2.75, 3.05) is 19.7 Å². The normalized spacial score (nSPS) is 21.2. The van der Waals surface area contributed by atoms with Crippen LogP contribution in [0.25, 0.3) is 0 Å². The van der Waals surface area contributed by atoms with Gasteiger partial charge in [-0.25, -0.2) is 4.99 Å². The van der Waals surface area contributed by atoms with Crippen molar-refractivity contribution in [1.82, 2.24) is 15.5 Å². The average molecular weight is 558 g/mol. The molecule has 3 aliphatic rings. The third-order valence-electron chi connectivity index (χ3n) is 8.47. The van der Waals surface area contributed by atoms with Gasteiger partial charge in [0.2, 0.25) is 5.91 Å². The SMILES string of the molecule is C=CC(=C1/OCC/C1=C(/C)NCc1cccc(C(=O)NC2CC3(CCN(C(C)=O)CC3)C2)c1)/C(C)=C/C=N\C(=C)N. The first-order chi connectivity index (χ1) is 19.6. The number of nitrogens with two attached hydrogens (primary N) is 1. The number of likely N-dealkylation sites (tertiary alicyclic amines) is 1. The Morgan fingerprint density at radius 3 is 2.61 bits per heavy atom. The molecule has 1 aliphatic carbocycles. The fourth-order valence-electron chi connectivity index (χ4n) is 6.05. The Bertz CT molecular complexity index is 1320. The summed E-state index contributed by atoms with van der Waals surface area (Å²) in [6.45, 7) is 16.1. The topological polar surface area (TPSA) is 109 Å². The first kappa shape index (κ1) is 29.9. The van der Waals surface area contributed by atoms with Crippen LogP contribution in [0.2, 0.25) is 0 Å². The van der Waals surface area contributed by atoms with E-state index in [9.17, 15) is 9.59 Å². The van der Waals surface area contributed by atoms with E-state index < -0.39 is 0 Å². The number of carbonyl (C=O) groups is 2. The van der Waals surface area contributed by atoms with E-state index in [4.69, 9.17) is 10.5 Å². The number of nitrogens with one attached hydrogen (secondary N) is 2. The summed E-state index contributed by atoms with van der Waals surface area (Å²) in [5.41, 5.74) is 11.5. The van der Waals surface area contributed by atoms with Gasteiger partial charge in [-0.05, 0) is 74.3 Å². The molecule has 4 rings (SSSR count). The first-order valence-corrected chi connectivity index (χ1v) is 14.4. The number of nitrogens with zero attached hydrogens (tertiary/aromatic N) is 2. The molecule has 2 saturated heterocycles. The maximum absolute atomic E-state index is 13.0. The molecule has 1 aromatic rings. The van der Waals surface area contributed by atoms with Crippen LogP contribution in [0.5, 0.6) is 0 Å². The lowest BCUT2D eigenvalue weighted by molar-refractivity contribution is -0.132. The molecule has 2 heterocycles. The Hall–Kier alpha value is -4.07. The Morgan fingerprint density at radius 1 is 1.22 bits per heavy atom. The molecule has 41 heavy (non-hydrogen) atoms. The third-order valence-corrected chi connectivity index (χ3v) is 8.47. The number of ether oxygens (including phenoxy) is 1. The number of rotatable bonds is 9. The standard InChI is InChI=1S/C33H43N5O3/c1-6-29(22(2)10-14-35-24(4)34)31-30(11-17-41-31)23(3)36-21-26-8-7-9-27(18-26)32(40)37-28-19-33(20-28)12-15-38(16-13-33)25(5)39/h6-10,14,18,28,36H,1,4,11-13,15-17,19-21,34H2,2-3,5H3,(H,37,40)/b22-10+,30-23+,31-29-,35-14-. The lowest BCUT2D eigenvalue weighted by atomic mass is 9.60. The van der Waals surface area contributed by atoms with Crippen molar-refractivity contribution in [3.05, 3.63) is 94.7 Å². The summed E-state index contributed by atoms with van der Waals surface area (Å²) >= 11 is 0. The highest BCUT2D eigenvalue weighted by Gasteiger charge is 2.46. The Morgan fingerprint density at radius 2 is 1.95 bits per heavy atom. The van der Waals surface area contributed by atoms with E-state index in [0.29, 0.717) is 18.7 Å². The van der Waals surface area contributed by atoms with Gasteiger partial charge in [0.15, 0.2) is 0 Å². The number of hydrogen-bond donors (Lipinski definition) is 3. The number of allylic oxidation sites excluding steroid dienone is 6. The molecule has 1 aromatic carbocycles.